The molecule has 2 aliphatic heterocycles. The summed E-state index contributed by atoms with van der Waals surface area (Å²) < 4.78 is 0. The summed E-state index contributed by atoms with van der Waals surface area (Å²) in [5.74, 6) is 1.00. The maximum Gasteiger partial charge on any atom is 0.0419 e. The van der Waals surface area contributed by atoms with Gasteiger partial charge in [0.05, 0.1) is 0 Å². The predicted octanol–water partition coefficient (Wildman–Crippen LogP) is 2.64. The first kappa shape index (κ1) is 9.95. The second-order valence-electron chi connectivity index (χ2n) is 5.89. The van der Waals surface area contributed by atoms with Crippen molar-refractivity contribution in [3.63, 3.8) is 0 Å². The molecule has 2 heteroatoms. The molecule has 17 heavy (non-hydrogen) atoms. The highest BCUT2D eigenvalue weighted by molar-refractivity contribution is 5.61. The molecule has 3 aliphatic rings. The Balaban J connectivity index is 1.58. The normalized spacial score (nSPS) is 30.6. The highest BCUT2D eigenvalue weighted by Gasteiger charge is 2.37. The summed E-state index contributed by atoms with van der Waals surface area (Å²) in [4.78, 5) is 2.71. The summed E-state index contributed by atoms with van der Waals surface area (Å²) in [5.41, 5.74) is 4.48. The van der Waals surface area contributed by atoms with Crippen LogP contribution < -0.4 is 5.32 Å². The van der Waals surface area contributed by atoms with Crippen molar-refractivity contribution in [3.05, 3.63) is 29.3 Å². The van der Waals surface area contributed by atoms with E-state index in [1.165, 1.54) is 49.0 Å². The van der Waals surface area contributed by atoms with Crippen molar-refractivity contribution < 1.29 is 0 Å². The maximum atomic E-state index is 3.56. The Morgan fingerprint density at radius 3 is 3.12 bits per heavy atom. The molecular weight excluding hydrogens is 208 g/mol. The van der Waals surface area contributed by atoms with Gasteiger partial charge in [0.25, 0.3) is 0 Å². The topological polar surface area (TPSA) is 15.3 Å². The first-order valence-corrected chi connectivity index (χ1v) is 6.99. The first-order valence-electron chi connectivity index (χ1n) is 6.99. The third-order valence-electron chi connectivity index (χ3n) is 4.83. The molecule has 0 radical (unpaired) electrons. The molecule has 2 nitrogen and oxygen atoms in total. The standard InChI is InChI=1S/C15H20N2/c1-2-12-6-7-16-15(12)13(3-1)10-17-9-11-4-5-14(17)8-11/h1-3,11,14,16H,4-10H2. The summed E-state index contributed by atoms with van der Waals surface area (Å²) >= 11 is 0. The molecule has 0 amide bonds. The van der Waals surface area contributed by atoms with Gasteiger partial charge in [-0.15, -0.1) is 0 Å². The van der Waals surface area contributed by atoms with Crippen molar-refractivity contribution >= 4 is 5.69 Å². The Morgan fingerprint density at radius 2 is 2.29 bits per heavy atom. The smallest absolute Gasteiger partial charge is 0.0419 e. The largest absolute Gasteiger partial charge is 0.384 e. The second kappa shape index (κ2) is 3.74. The van der Waals surface area contributed by atoms with Crippen molar-refractivity contribution in [2.75, 3.05) is 18.4 Å². The minimum absolute atomic E-state index is 0.886. The van der Waals surface area contributed by atoms with Crippen LogP contribution in [0.25, 0.3) is 0 Å². The molecule has 2 bridgehead atoms. The van der Waals surface area contributed by atoms with E-state index in [1.54, 1.807) is 0 Å². The zero-order valence-electron chi connectivity index (χ0n) is 10.3. The van der Waals surface area contributed by atoms with Gasteiger partial charge in [-0.05, 0) is 42.7 Å². The van der Waals surface area contributed by atoms with Gasteiger partial charge in [0.1, 0.15) is 0 Å². The van der Waals surface area contributed by atoms with E-state index >= 15 is 0 Å². The molecular formula is C15H20N2. The number of piperidine rings is 1. The van der Waals surface area contributed by atoms with Gasteiger partial charge >= 0.3 is 0 Å². The monoisotopic (exact) mass is 228 g/mol. The maximum absolute atomic E-state index is 3.56. The van der Waals surface area contributed by atoms with Crippen molar-refractivity contribution in [2.24, 2.45) is 5.92 Å². The molecule has 1 aromatic rings. The lowest BCUT2D eigenvalue weighted by Gasteiger charge is -2.27. The van der Waals surface area contributed by atoms with Crippen LogP contribution in [0.3, 0.4) is 0 Å². The van der Waals surface area contributed by atoms with Crippen LogP contribution in [0.15, 0.2) is 18.2 Å². The zero-order valence-corrected chi connectivity index (χ0v) is 10.3. The molecule has 2 heterocycles. The van der Waals surface area contributed by atoms with Crippen LogP contribution in [-0.2, 0) is 13.0 Å². The van der Waals surface area contributed by atoms with Gasteiger partial charge in [-0.1, -0.05) is 18.2 Å². The molecule has 0 aromatic heterocycles. The minimum Gasteiger partial charge on any atom is -0.384 e. The lowest BCUT2D eigenvalue weighted by atomic mass is 10.1. The van der Waals surface area contributed by atoms with Gasteiger partial charge in [-0.25, -0.2) is 0 Å². The molecule has 2 atom stereocenters. The van der Waals surface area contributed by atoms with Crippen molar-refractivity contribution in [1.29, 1.82) is 0 Å². The van der Waals surface area contributed by atoms with Gasteiger partial charge in [0.15, 0.2) is 0 Å². The number of anilines is 1. The number of nitrogens with zero attached hydrogens (tertiary/aromatic N) is 1. The molecule has 90 valence electrons. The van der Waals surface area contributed by atoms with Crippen molar-refractivity contribution in [3.8, 4) is 0 Å². The number of para-hydroxylation sites is 1. The Bertz CT molecular complexity index is 441. The Hall–Kier alpha value is -1.02. The SMILES string of the molecule is c1cc2c(c(CN3CC4CCC3C4)c1)NCC2. The fourth-order valence-electron chi connectivity index (χ4n) is 3.98. The number of hydrogen-bond acceptors (Lipinski definition) is 2. The van der Waals surface area contributed by atoms with Crippen LogP contribution in [0.4, 0.5) is 5.69 Å². The van der Waals surface area contributed by atoms with Crippen LogP contribution in [0.1, 0.15) is 30.4 Å². The third kappa shape index (κ3) is 1.58. The lowest BCUT2D eigenvalue weighted by Crippen LogP contribution is -2.31. The minimum atomic E-state index is 0.886. The lowest BCUT2D eigenvalue weighted by molar-refractivity contribution is 0.205. The molecule has 4 rings (SSSR count). The van der Waals surface area contributed by atoms with E-state index in [0.29, 0.717) is 0 Å². The van der Waals surface area contributed by atoms with E-state index in [0.717, 1.165) is 25.0 Å². The van der Waals surface area contributed by atoms with E-state index < -0.39 is 0 Å². The summed E-state index contributed by atoms with van der Waals surface area (Å²) in [6.07, 6.45) is 5.58. The summed E-state index contributed by atoms with van der Waals surface area (Å²) in [7, 11) is 0. The van der Waals surface area contributed by atoms with E-state index in [1.807, 2.05) is 0 Å². The van der Waals surface area contributed by atoms with Gasteiger partial charge < -0.3 is 5.32 Å². The van der Waals surface area contributed by atoms with Gasteiger partial charge in [-0.3, -0.25) is 4.90 Å². The molecule has 2 unspecified atom stereocenters. The van der Waals surface area contributed by atoms with E-state index in [9.17, 15) is 0 Å². The Morgan fingerprint density at radius 1 is 1.29 bits per heavy atom. The number of rotatable bonds is 2. The van der Waals surface area contributed by atoms with Crippen LogP contribution >= 0.6 is 0 Å². The second-order valence-corrected chi connectivity index (χ2v) is 5.89. The number of likely N-dealkylation sites (tertiary alicyclic amines) is 1. The van der Waals surface area contributed by atoms with Crippen molar-refractivity contribution in [1.82, 2.24) is 4.90 Å². The van der Waals surface area contributed by atoms with Crippen LogP contribution in [0.5, 0.6) is 0 Å². The van der Waals surface area contributed by atoms with Gasteiger partial charge in [0, 0.05) is 31.4 Å². The fourth-order valence-corrected chi connectivity index (χ4v) is 3.98. The number of benzene rings is 1. The quantitative estimate of drug-likeness (QED) is 0.837. The average Bonchev–Trinajstić information content (AvgIpc) is 3.04. The van der Waals surface area contributed by atoms with E-state index in [2.05, 4.69) is 28.4 Å². The average molecular weight is 228 g/mol. The molecule has 0 spiro atoms. The van der Waals surface area contributed by atoms with Crippen molar-refractivity contribution in [2.45, 2.75) is 38.3 Å². The predicted molar refractivity (Wildman–Crippen MR) is 70.2 cm³/mol. The Kier molecular flexibility index (Phi) is 2.19. The first-order chi connectivity index (χ1) is 8.40. The number of fused-ring (bicyclic) bond motifs is 3. The summed E-state index contributed by atoms with van der Waals surface area (Å²) in [6, 6.07) is 7.70. The molecule has 1 aromatic carbocycles. The Labute approximate surface area is 103 Å². The molecule has 1 saturated carbocycles. The molecule has 1 saturated heterocycles. The highest BCUT2D eigenvalue weighted by Crippen LogP contribution is 2.39. The van der Waals surface area contributed by atoms with Crippen LogP contribution in [0.2, 0.25) is 0 Å². The summed E-state index contributed by atoms with van der Waals surface area (Å²) in [5, 5.41) is 3.56. The fraction of sp³-hybridized carbons (Fsp3) is 0.600. The number of nitrogens with one attached hydrogen (secondary N) is 1. The highest BCUT2D eigenvalue weighted by atomic mass is 15.2. The van der Waals surface area contributed by atoms with Gasteiger partial charge in [0.2, 0.25) is 0 Å². The van der Waals surface area contributed by atoms with E-state index in [-0.39, 0.29) is 0 Å². The third-order valence-corrected chi connectivity index (χ3v) is 4.83. The molecule has 1 aliphatic carbocycles. The molecule has 2 fully saturated rings. The van der Waals surface area contributed by atoms with E-state index in [4.69, 9.17) is 0 Å². The van der Waals surface area contributed by atoms with Gasteiger partial charge in [-0.2, -0.15) is 0 Å². The summed E-state index contributed by atoms with van der Waals surface area (Å²) in [6.45, 7) is 3.63. The number of hydrogen-bond donors (Lipinski definition) is 1. The van der Waals surface area contributed by atoms with Crippen LogP contribution in [0, 0.1) is 5.92 Å². The zero-order chi connectivity index (χ0) is 11.2. The molecule has 1 N–H and O–H groups in total. The van der Waals surface area contributed by atoms with Crippen LogP contribution in [-0.4, -0.2) is 24.0 Å².